The predicted molar refractivity (Wildman–Crippen MR) is 78.3 cm³/mol. The van der Waals surface area contributed by atoms with Crippen LogP contribution in [0.2, 0.25) is 0 Å². The molecule has 0 saturated carbocycles. The molecule has 0 unspecified atom stereocenters. The number of hydrogen-bond acceptors (Lipinski definition) is 3. The summed E-state index contributed by atoms with van der Waals surface area (Å²) in [6.45, 7) is 6.95. The fourth-order valence-electron chi connectivity index (χ4n) is 2.49. The number of aromatic nitrogens is 2. The third kappa shape index (κ3) is 2.56. The van der Waals surface area contributed by atoms with Crippen molar-refractivity contribution in [3.8, 4) is 12.3 Å². The van der Waals surface area contributed by atoms with E-state index in [1.165, 1.54) is 4.90 Å². The lowest BCUT2D eigenvalue weighted by Gasteiger charge is -2.24. The molecule has 1 aromatic rings. The molecule has 0 atom stereocenters. The van der Waals surface area contributed by atoms with Gasteiger partial charge in [0.1, 0.15) is 0 Å². The Morgan fingerprint density at radius 2 is 2.10 bits per heavy atom. The average Bonchev–Trinajstić information content (AvgIpc) is 2.60. The lowest BCUT2D eigenvalue weighted by Crippen LogP contribution is -2.30. The van der Waals surface area contributed by atoms with Crippen molar-refractivity contribution in [1.82, 2.24) is 19.6 Å². The van der Waals surface area contributed by atoms with Crippen molar-refractivity contribution in [2.75, 3.05) is 20.6 Å². The van der Waals surface area contributed by atoms with Crippen LogP contribution < -0.4 is 0 Å². The predicted octanol–water partition coefficient (Wildman–Crippen LogP) is 1.18. The van der Waals surface area contributed by atoms with E-state index in [9.17, 15) is 4.79 Å². The number of nitrogens with zero attached hydrogens (tertiary/aromatic N) is 4. The number of carbonyl (C=O) groups is 1. The van der Waals surface area contributed by atoms with Gasteiger partial charge in [-0.25, -0.2) is 0 Å². The summed E-state index contributed by atoms with van der Waals surface area (Å²) in [6, 6.07) is 0.454. The van der Waals surface area contributed by atoms with Crippen molar-refractivity contribution >= 4 is 5.91 Å². The molecule has 1 amide bonds. The molecule has 1 aliphatic heterocycles. The number of fused-ring (bicyclic) bond motifs is 1. The lowest BCUT2D eigenvalue weighted by molar-refractivity contribution is 0.0820. The van der Waals surface area contributed by atoms with Gasteiger partial charge < -0.3 is 4.90 Å². The molecule has 0 aliphatic carbocycles. The Morgan fingerprint density at radius 1 is 1.40 bits per heavy atom. The van der Waals surface area contributed by atoms with Gasteiger partial charge in [-0.1, -0.05) is 5.92 Å². The molecule has 0 N–H and O–H groups in total. The maximum Gasteiger partial charge on any atom is 0.275 e. The number of rotatable bonds is 2. The number of hydrogen-bond donors (Lipinski definition) is 0. The fourth-order valence-corrected chi connectivity index (χ4v) is 2.49. The third-order valence-corrected chi connectivity index (χ3v) is 3.71. The summed E-state index contributed by atoms with van der Waals surface area (Å²) >= 11 is 0. The monoisotopic (exact) mass is 274 g/mol. The van der Waals surface area contributed by atoms with Gasteiger partial charge in [-0.2, -0.15) is 5.10 Å². The van der Waals surface area contributed by atoms with E-state index in [1.54, 1.807) is 14.1 Å². The van der Waals surface area contributed by atoms with Crippen LogP contribution in [0, 0.1) is 12.3 Å². The summed E-state index contributed by atoms with van der Waals surface area (Å²) in [5, 5.41) is 4.45. The van der Waals surface area contributed by atoms with E-state index in [4.69, 9.17) is 6.42 Å². The highest BCUT2D eigenvalue weighted by molar-refractivity contribution is 5.94. The second kappa shape index (κ2) is 5.68. The number of carbonyl (C=O) groups excluding carboxylic acids is 1. The van der Waals surface area contributed by atoms with Gasteiger partial charge in [0.2, 0.25) is 0 Å². The van der Waals surface area contributed by atoms with Crippen molar-refractivity contribution in [2.45, 2.75) is 39.4 Å². The Morgan fingerprint density at radius 3 is 2.65 bits per heavy atom. The molecule has 0 fully saturated rings. The Kier molecular flexibility index (Phi) is 4.15. The van der Waals surface area contributed by atoms with Crippen molar-refractivity contribution < 1.29 is 4.79 Å². The Bertz CT molecular complexity index is 551. The van der Waals surface area contributed by atoms with Gasteiger partial charge in [0.05, 0.1) is 11.3 Å². The van der Waals surface area contributed by atoms with Crippen LogP contribution in [0.1, 0.15) is 42.0 Å². The fraction of sp³-hybridized carbons (Fsp3) is 0.600. The molecule has 1 aliphatic rings. The standard InChI is InChI=1S/C15H22N4O/c1-6-12-13-10-18(11(2)3)8-7-9-19(13)16-14(12)15(20)17(4)5/h1,11H,7-10H2,2-5H3. The molecule has 0 aromatic carbocycles. The summed E-state index contributed by atoms with van der Waals surface area (Å²) in [5.74, 6) is 2.54. The lowest BCUT2D eigenvalue weighted by atomic mass is 10.1. The van der Waals surface area contributed by atoms with Crippen molar-refractivity contribution in [2.24, 2.45) is 0 Å². The molecule has 0 radical (unpaired) electrons. The van der Waals surface area contributed by atoms with Crippen molar-refractivity contribution in [3.63, 3.8) is 0 Å². The molecule has 0 bridgehead atoms. The van der Waals surface area contributed by atoms with Crippen LogP contribution in [0.3, 0.4) is 0 Å². The quantitative estimate of drug-likeness (QED) is 0.761. The molecule has 5 nitrogen and oxygen atoms in total. The van der Waals surface area contributed by atoms with Crippen LogP contribution in [0.5, 0.6) is 0 Å². The summed E-state index contributed by atoms with van der Waals surface area (Å²) in [6.07, 6.45) is 6.66. The van der Waals surface area contributed by atoms with Gasteiger partial charge in [-0.3, -0.25) is 14.4 Å². The molecule has 0 saturated heterocycles. The zero-order valence-electron chi connectivity index (χ0n) is 12.7. The minimum Gasteiger partial charge on any atom is -0.343 e. The molecule has 1 aromatic heterocycles. The molecule has 20 heavy (non-hydrogen) atoms. The molecule has 5 heteroatoms. The average molecular weight is 274 g/mol. The highest BCUT2D eigenvalue weighted by Crippen LogP contribution is 2.21. The molecule has 0 spiro atoms. The first kappa shape index (κ1) is 14.6. The van der Waals surface area contributed by atoms with Gasteiger partial charge in [-0.15, -0.1) is 6.42 Å². The molecular formula is C15H22N4O. The highest BCUT2D eigenvalue weighted by atomic mass is 16.2. The number of aryl methyl sites for hydroxylation is 1. The first-order chi connectivity index (χ1) is 9.45. The molecule has 2 rings (SSSR count). The van der Waals surface area contributed by atoms with E-state index < -0.39 is 0 Å². The second-order valence-electron chi connectivity index (χ2n) is 5.66. The molecule has 108 valence electrons. The van der Waals surface area contributed by atoms with Gasteiger partial charge in [0.15, 0.2) is 5.69 Å². The van der Waals surface area contributed by atoms with Gasteiger partial charge >= 0.3 is 0 Å². The van der Waals surface area contributed by atoms with E-state index in [2.05, 4.69) is 29.8 Å². The largest absolute Gasteiger partial charge is 0.343 e. The summed E-state index contributed by atoms with van der Waals surface area (Å²) in [4.78, 5) is 16.1. The Balaban J connectivity index is 2.45. The number of terminal acetylenes is 1. The van der Waals surface area contributed by atoms with Crippen LogP contribution in [-0.4, -0.2) is 52.2 Å². The third-order valence-electron chi connectivity index (χ3n) is 3.71. The van der Waals surface area contributed by atoms with E-state index in [1.807, 2.05) is 4.68 Å². The van der Waals surface area contributed by atoms with Crippen LogP contribution in [0.15, 0.2) is 0 Å². The number of amides is 1. The minimum absolute atomic E-state index is 0.130. The van der Waals surface area contributed by atoms with Crippen molar-refractivity contribution in [3.05, 3.63) is 17.0 Å². The molecular weight excluding hydrogens is 252 g/mol. The van der Waals surface area contributed by atoms with E-state index in [0.717, 1.165) is 31.7 Å². The van der Waals surface area contributed by atoms with E-state index >= 15 is 0 Å². The van der Waals surface area contributed by atoms with Crippen LogP contribution >= 0.6 is 0 Å². The Hall–Kier alpha value is -1.80. The molecule has 2 heterocycles. The highest BCUT2D eigenvalue weighted by Gasteiger charge is 2.26. The van der Waals surface area contributed by atoms with Crippen LogP contribution in [0.25, 0.3) is 0 Å². The smallest absolute Gasteiger partial charge is 0.275 e. The van der Waals surface area contributed by atoms with Crippen LogP contribution in [-0.2, 0) is 13.1 Å². The van der Waals surface area contributed by atoms with Gasteiger partial charge in [-0.05, 0) is 20.3 Å². The topological polar surface area (TPSA) is 41.4 Å². The van der Waals surface area contributed by atoms with Gasteiger partial charge in [0, 0.05) is 39.8 Å². The SMILES string of the molecule is C#Cc1c(C(=O)N(C)C)nn2c1CN(C(C)C)CCC2. The Labute approximate surface area is 120 Å². The summed E-state index contributed by atoms with van der Waals surface area (Å²) in [5.41, 5.74) is 2.04. The zero-order valence-corrected chi connectivity index (χ0v) is 12.7. The maximum atomic E-state index is 12.2. The first-order valence-corrected chi connectivity index (χ1v) is 6.97. The van der Waals surface area contributed by atoms with Crippen LogP contribution in [0.4, 0.5) is 0 Å². The maximum absolute atomic E-state index is 12.2. The van der Waals surface area contributed by atoms with E-state index in [-0.39, 0.29) is 5.91 Å². The van der Waals surface area contributed by atoms with E-state index in [0.29, 0.717) is 17.3 Å². The zero-order chi connectivity index (χ0) is 14.9. The second-order valence-corrected chi connectivity index (χ2v) is 5.66. The first-order valence-electron chi connectivity index (χ1n) is 6.97. The normalized spacial score (nSPS) is 15.6. The summed E-state index contributed by atoms with van der Waals surface area (Å²) < 4.78 is 1.91. The van der Waals surface area contributed by atoms with Crippen molar-refractivity contribution in [1.29, 1.82) is 0 Å². The summed E-state index contributed by atoms with van der Waals surface area (Å²) in [7, 11) is 3.43. The van der Waals surface area contributed by atoms with Gasteiger partial charge in [0.25, 0.3) is 5.91 Å². The minimum atomic E-state index is -0.130.